The first-order valence-electron chi connectivity index (χ1n) is 6.31. The third-order valence-electron chi connectivity index (χ3n) is 3.44. The SMILES string of the molecule is CCS(=O)(=O)N1CCCC(C(=O)NC2CC2)C1. The molecule has 1 unspecified atom stereocenters. The maximum atomic E-state index is 11.9. The highest BCUT2D eigenvalue weighted by atomic mass is 32.2. The third-order valence-corrected chi connectivity index (χ3v) is 5.28. The molecule has 1 aliphatic carbocycles. The monoisotopic (exact) mass is 260 g/mol. The van der Waals surface area contributed by atoms with Crippen molar-refractivity contribution < 1.29 is 13.2 Å². The molecule has 5 nitrogen and oxygen atoms in total. The minimum atomic E-state index is -3.15. The summed E-state index contributed by atoms with van der Waals surface area (Å²) < 4.78 is 25.0. The fourth-order valence-corrected chi connectivity index (χ4v) is 3.32. The molecule has 1 saturated carbocycles. The molecule has 1 saturated heterocycles. The van der Waals surface area contributed by atoms with Gasteiger partial charge < -0.3 is 5.32 Å². The third kappa shape index (κ3) is 3.19. The lowest BCUT2D eigenvalue weighted by Gasteiger charge is -2.30. The zero-order chi connectivity index (χ0) is 12.5. The van der Waals surface area contributed by atoms with Gasteiger partial charge in [-0.25, -0.2) is 12.7 Å². The van der Waals surface area contributed by atoms with E-state index >= 15 is 0 Å². The van der Waals surface area contributed by atoms with E-state index < -0.39 is 10.0 Å². The summed E-state index contributed by atoms with van der Waals surface area (Å²) in [6.07, 6.45) is 3.71. The van der Waals surface area contributed by atoms with Crippen molar-refractivity contribution in [1.29, 1.82) is 0 Å². The summed E-state index contributed by atoms with van der Waals surface area (Å²) in [5.74, 6) is -0.0153. The van der Waals surface area contributed by atoms with Crippen molar-refractivity contribution in [3.8, 4) is 0 Å². The number of rotatable bonds is 4. The Hall–Kier alpha value is -0.620. The molecule has 2 fully saturated rings. The molecule has 0 bridgehead atoms. The molecule has 98 valence electrons. The highest BCUT2D eigenvalue weighted by Crippen LogP contribution is 2.23. The van der Waals surface area contributed by atoms with Gasteiger partial charge >= 0.3 is 0 Å². The molecule has 0 spiro atoms. The van der Waals surface area contributed by atoms with Crippen LogP contribution in [0, 0.1) is 5.92 Å². The molecule has 2 aliphatic rings. The lowest BCUT2D eigenvalue weighted by molar-refractivity contribution is -0.126. The normalized spacial score (nSPS) is 26.8. The van der Waals surface area contributed by atoms with Crippen molar-refractivity contribution in [1.82, 2.24) is 9.62 Å². The number of sulfonamides is 1. The lowest BCUT2D eigenvalue weighted by Crippen LogP contribution is -2.46. The average molecular weight is 260 g/mol. The van der Waals surface area contributed by atoms with E-state index in [0.717, 1.165) is 25.7 Å². The number of nitrogens with one attached hydrogen (secondary N) is 1. The van der Waals surface area contributed by atoms with Crippen molar-refractivity contribution in [3.63, 3.8) is 0 Å². The minimum absolute atomic E-state index is 0.0310. The molecule has 0 aromatic carbocycles. The highest BCUT2D eigenvalue weighted by Gasteiger charge is 2.33. The van der Waals surface area contributed by atoms with E-state index in [1.165, 1.54) is 4.31 Å². The summed E-state index contributed by atoms with van der Waals surface area (Å²) in [4.78, 5) is 11.9. The predicted octanol–water partition coefficient (Wildman–Crippen LogP) is 0.327. The molecule has 1 aliphatic heterocycles. The summed E-state index contributed by atoms with van der Waals surface area (Å²) >= 11 is 0. The first kappa shape index (κ1) is 12.8. The van der Waals surface area contributed by atoms with Crippen LogP contribution in [0.1, 0.15) is 32.6 Å². The van der Waals surface area contributed by atoms with Gasteiger partial charge in [0.05, 0.1) is 11.7 Å². The first-order chi connectivity index (χ1) is 8.03. The maximum Gasteiger partial charge on any atom is 0.224 e. The van der Waals surface area contributed by atoms with Crippen LogP contribution in [0.25, 0.3) is 0 Å². The molecule has 0 radical (unpaired) electrons. The Labute approximate surface area is 103 Å². The van der Waals surface area contributed by atoms with Crippen LogP contribution in [0.2, 0.25) is 0 Å². The average Bonchev–Trinajstić information content (AvgIpc) is 3.13. The van der Waals surface area contributed by atoms with Crippen molar-refractivity contribution >= 4 is 15.9 Å². The molecule has 1 N–H and O–H groups in total. The lowest BCUT2D eigenvalue weighted by atomic mass is 9.99. The number of hydrogen-bond donors (Lipinski definition) is 1. The fraction of sp³-hybridized carbons (Fsp3) is 0.909. The molecule has 1 atom stereocenters. The molecule has 1 heterocycles. The Morgan fingerprint density at radius 2 is 2.06 bits per heavy atom. The second-order valence-corrected chi connectivity index (χ2v) is 7.14. The largest absolute Gasteiger partial charge is 0.353 e. The van der Waals surface area contributed by atoms with Gasteiger partial charge in [-0.1, -0.05) is 0 Å². The van der Waals surface area contributed by atoms with Crippen LogP contribution >= 0.6 is 0 Å². The highest BCUT2D eigenvalue weighted by molar-refractivity contribution is 7.89. The standard InChI is InChI=1S/C11H20N2O3S/c1-2-17(15,16)13-7-3-4-9(8-13)11(14)12-10-5-6-10/h9-10H,2-8H2,1H3,(H,12,14). The predicted molar refractivity (Wildman–Crippen MR) is 64.9 cm³/mol. The van der Waals surface area contributed by atoms with Gasteiger partial charge in [0.15, 0.2) is 0 Å². The Bertz CT molecular complexity index is 390. The quantitative estimate of drug-likeness (QED) is 0.792. The van der Waals surface area contributed by atoms with E-state index in [-0.39, 0.29) is 17.6 Å². The van der Waals surface area contributed by atoms with Crippen molar-refractivity contribution in [3.05, 3.63) is 0 Å². The topological polar surface area (TPSA) is 66.5 Å². The van der Waals surface area contributed by atoms with Crippen LogP contribution in [0.15, 0.2) is 0 Å². The molecule has 2 rings (SSSR count). The van der Waals surface area contributed by atoms with E-state index in [9.17, 15) is 13.2 Å². The fourth-order valence-electron chi connectivity index (χ4n) is 2.14. The minimum Gasteiger partial charge on any atom is -0.353 e. The smallest absolute Gasteiger partial charge is 0.224 e. The van der Waals surface area contributed by atoms with E-state index in [1.807, 2.05) is 0 Å². The molecule has 0 aromatic rings. The first-order valence-corrected chi connectivity index (χ1v) is 7.92. The zero-order valence-corrected chi connectivity index (χ0v) is 11.0. The molecule has 6 heteroatoms. The summed E-state index contributed by atoms with van der Waals surface area (Å²) in [5, 5.41) is 2.95. The molecular formula is C11H20N2O3S. The van der Waals surface area contributed by atoms with E-state index in [2.05, 4.69) is 5.32 Å². The zero-order valence-electron chi connectivity index (χ0n) is 10.2. The number of amides is 1. The summed E-state index contributed by atoms with van der Waals surface area (Å²) in [6, 6.07) is 0.348. The van der Waals surface area contributed by atoms with Gasteiger partial charge in [0.2, 0.25) is 15.9 Å². The van der Waals surface area contributed by atoms with Crippen LogP contribution in [0.5, 0.6) is 0 Å². The van der Waals surface area contributed by atoms with Crippen molar-refractivity contribution in [2.45, 2.75) is 38.6 Å². The van der Waals surface area contributed by atoms with Crippen LogP contribution in [0.4, 0.5) is 0 Å². The second kappa shape index (κ2) is 4.94. The van der Waals surface area contributed by atoms with Crippen molar-refractivity contribution in [2.24, 2.45) is 5.92 Å². The van der Waals surface area contributed by atoms with Crippen LogP contribution in [-0.4, -0.2) is 43.5 Å². The van der Waals surface area contributed by atoms with Gasteiger partial charge in [0.25, 0.3) is 0 Å². The van der Waals surface area contributed by atoms with E-state index in [4.69, 9.17) is 0 Å². The molecule has 17 heavy (non-hydrogen) atoms. The van der Waals surface area contributed by atoms with Gasteiger partial charge in [-0.15, -0.1) is 0 Å². The Morgan fingerprint density at radius 3 is 2.65 bits per heavy atom. The van der Waals surface area contributed by atoms with Crippen LogP contribution in [0.3, 0.4) is 0 Å². The Balaban J connectivity index is 1.94. The Morgan fingerprint density at radius 1 is 1.35 bits per heavy atom. The number of hydrogen-bond acceptors (Lipinski definition) is 3. The van der Waals surface area contributed by atoms with Gasteiger partial charge in [0.1, 0.15) is 0 Å². The van der Waals surface area contributed by atoms with E-state index in [1.54, 1.807) is 6.92 Å². The molecule has 0 aromatic heterocycles. The van der Waals surface area contributed by atoms with Crippen LogP contribution in [-0.2, 0) is 14.8 Å². The summed E-state index contributed by atoms with van der Waals surface area (Å²) in [5.41, 5.74) is 0. The van der Waals surface area contributed by atoms with Crippen molar-refractivity contribution in [2.75, 3.05) is 18.8 Å². The molecule has 1 amide bonds. The number of piperidine rings is 1. The number of carbonyl (C=O) groups is 1. The van der Waals surface area contributed by atoms with Crippen LogP contribution < -0.4 is 5.32 Å². The molecular weight excluding hydrogens is 240 g/mol. The summed E-state index contributed by atoms with van der Waals surface area (Å²) in [6.45, 7) is 2.56. The van der Waals surface area contributed by atoms with Gasteiger partial charge in [-0.3, -0.25) is 4.79 Å². The second-order valence-electron chi connectivity index (χ2n) is 4.88. The number of nitrogens with zero attached hydrogens (tertiary/aromatic N) is 1. The maximum absolute atomic E-state index is 11.9. The summed E-state index contributed by atoms with van der Waals surface area (Å²) in [7, 11) is -3.15. The van der Waals surface area contributed by atoms with Gasteiger partial charge in [-0.2, -0.15) is 0 Å². The Kier molecular flexibility index (Phi) is 3.73. The number of carbonyl (C=O) groups excluding carboxylic acids is 1. The van der Waals surface area contributed by atoms with Gasteiger partial charge in [0, 0.05) is 19.1 Å². The van der Waals surface area contributed by atoms with Gasteiger partial charge in [-0.05, 0) is 32.6 Å². The van der Waals surface area contributed by atoms with E-state index in [0.29, 0.717) is 19.1 Å².